The first-order valence-corrected chi connectivity index (χ1v) is 13.1. The molecule has 0 unspecified atom stereocenters. The first-order chi connectivity index (χ1) is 15.5. The molecule has 0 saturated carbocycles. The first-order valence-electron chi connectivity index (χ1n) is 11.4. The van der Waals surface area contributed by atoms with E-state index in [2.05, 4.69) is 76.0 Å². The van der Waals surface area contributed by atoms with E-state index in [1.807, 2.05) is 0 Å². The molecule has 0 bridgehead atoms. The standard InChI is InChI=1S/C25H32N4O2S/c1-3-28-15-17-29(18-16-28)25-23-8-6-5-7-22(23)19-24(27-25)21-11-9-20(10-12-21)13-14-26-32(30,31)4-2/h5-12,19,26H,3-4,13-18H2,1-2H3. The zero-order valence-electron chi connectivity index (χ0n) is 18.9. The molecular formula is C25H32N4O2S. The summed E-state index contributed by atoms with van der Waals surface area (Å²) in [5.74, 6) is 1.17. The third-order valence-corrected chi connectivity index (χ3v) is 7.61. The highest BCUT2D eigenvalue weighted by Crippen LogP contribution is 2.30. The summed E-state index contributed by atoms with van der Waals surface area (Å²) >= 11 is 0. The number of hydrogen-bond donors (Lipinski definition) is 1. The molecule has 1 aromatic heterocycles. The minimum atomic E-state index is -3.15. The smallest absolute Gasteiger partial charge is 0.211 e. The highest BCUT2D eigenvalue weighted by molar-refractivity contribution is 7.89. The van der Waals surface area contributed by atoms with Crippen LogP contribution in [0.1, 0.15) is 19.4 Å². The molecule has 2 aromatic carbocycles. The van der Waals surface area contributed by atoms with Crippen LogP contribution in [0.3, 0.4) is 0 Å². The maximum Gasteiger partial charge on any atom is 0.211 e. The molecule has 2 heterocycles. The maximum atomic E-state index is 11.6. The van der Waals surface area contributed by atoms with Crippen molar-refractivity contribution < 1.29 is 8.42 Å². The van der Waals surface area contributed by atoms with Crippen LogP contribution < -0.4 is 9.62 Å². The third-order valence-electron chi connectivity index (χ3n) is 6.20. The number of anilines is 1. The van der Waals surface area contributed by atoms with E-state index >= 15 is 0 Å². The van der Waals surface area contributed by atoms with Gasteiger partial charge in [0.2, 0.25) is 10.0 Å². The Morgan fingerprint density at radius 2 is 1.69 bits per heavy atom. The van der Waals surface area contributed by atoms with Gasteiger partial charge in [-0.05, 0) is 36.9 Å². The fourth-order valence-electron chi connectivity index (χ4n) is 4.14. The van der Waals surface area contributed by atoms with E-state index in [1.54, 1.807) is 6.92 Å². The predicted octanol–water partition coefficient (Wildman–Crippen LogP) is 3.53. The second-order valence-corrected chi connectivity index (χ2v) is 10.3. The molecule has 7 heteroatoms. The molecule has 170 valence electrons. The lowest BCUT2D eigenvalue weighted by Gasteiger charge is -2.35. The van der Waals surface area contributed by atoms with Crippen molar-refractivity contribution in [2.45, 2.75) is 20.3 Å². The molecule has 3 aromatic rings. The molecule has 1 saturated heterocycles. The number of likely N-dealkylation sites (N-methyl/N-ethyl adjacent to an activating group) is 1. The lowest BCUT2D eigenvalue weighted by molar-refractivity contribution is 0.271. The fraction of sp³-hybridized carbons (Fsp3) is 0.400. The topological polar surface area (TPSA) is 65.5 Å². The van der Waals surface area contributed by atoms with Gasteiger partial charge in [-0.1, -0.05) is 55.5 Å². The second kappa shape index (κ2) is 9.98. The Morgan fingerprint density at radius 1 is 0.969 bits per heavy atom. The van der Waals surface area contributed by atoms with Gasteiger partial charge in [0.1, 0.15) is 5.82 Å². The molecule has 0 amide bonds. The minimum absolute atomic E-state index is 0.107. The van der Waals surface area contributed by atoms with E-state index in [0.29, 0.717) is 13.0 Å². The number of nitrogens with zero attached hydrogens (tertiary/aromatic N) is 3. The highest BCUT2D eigenvalue weighted by Gasteiger charge is 2.19. The number of fused-ring (bicyclic) bond motifs is 1. The van der Waals surface area contributed by atoms with Crippen molar-refractivity contribution in [1.29, 1.82) is 0 Å². The van der Waals surface area contributed by atoms with Crippen LogP contribution in [0, 0.1) is 0 Å². The molecule has 4 rings (SSSR count). The van der Waals surface area contributed by atoms with Gasteiger partial charge in [-0.15, -0.1) is 0 Å². The van der Waals surface area contributed by atoms with Crippen molar-refractivity contribution in [2.75, 3.05) is 49.9 Å². The Balaban J connectivity index is 1.56. The van der Waals surface area contributed by atoms with Crippen LogP contribution >= 0.6 is 0 Å². The number of hydrogen-bond acceptors (Lipinski definition) is 5. The van der Waals surface area contributed by atoms with Gasteiger partial charge in [0, 0.05) is 43.7 Å². The Kier molecular flexibility index (Phi) is 7.08. The number of aromatic nitrogens is 1. The van der Waals surface area contributed by atoms with Gasteiger partial charge in [-0.3, -0.25) is 0 Å². The van der Waals surface area contributed by atoms with Crippen molar-refractivity contribution in [1.82, 2.24) is 14.6 Å². The van der Waals surface area contributed by atoms with Gasteiger partial charge in [0.25, 0.3) is 0 Å². The van der Waals surface area contributed by atoms with E-state index in [0.717, 1.165) is 55.4 Å². The van der Waals surface area contributed by atoms with Gasteiger partial charge in [0.05, 0.1) is 11.4 Å². The lowest BCUT2D eigenvalue weighted by Crippen LogP contribution is -2.46. The second-order valence-electron chi connectivity index (χ2n) is 8.22. The van der Waals surface area contributed by atoms with Crippen LogP contribution in [-0.4, -0.2) is 63.3 Å². The number of sulfonamides is 1. The van der Waals surface area contributed by atoms with Crippen LogP contribution in [-0.2, 0) is 16.4 Å². The number of benzene rings is 2. The minimum Gasteiger partial charge on any atom is -0.354 e. The van der Waals surface area contributed by atoms with Crippen molar-refractivity contribution in [2.24, 2.45) is 0 Å². The SMILES string of the molecule is CCN1CCN(c2nc(-c3ccc(CCNS(=O)(=O)CC)cc3)cc3ccccc23)CC1. The van der Waals surface area contributed by atoms with Crippen LogP contribution in [0.15, 0.2) is 54.6 Å². The fourth-order valence-corrected chi connectivity index (χ4v) is 4.76. The third kappa shape index (κ3) is 5.28. The normalized spacial score (nSPS) is 15.4. The van der Waals surface area contributed by atoms with Crippen molar-refractivity contribution in [3.63, 3.8) is 0 Å². The molecule has 0 spiro atoms. The van der Waals surface area contributed by atoms with Crippen LogP contribution in [0.2, 0.25) is 0 Å². The maximum absolute atomic E-state index is 11.6. The van der Waals surface area contributed by atoms with Crippen molar-refractivity contribution in [3.8, 4) is 11.3 Å². The zero-order valence-corrected chi connectivity index (χ0v) is 19.7. The van der Waals surface area contributed by atoms with Gasteiger partial charge >= 0.3 is 0 Å². The van der Waals surface area contributed by atoms with E-state index in [-0.39, 0.29) is 5.75 Å². The predicted molar refractivity (Wildman–Crippen MR) is 133 cm³/mol. The summed E-state index contributed by atoms with van der Waals surface area (Å²) in [7, 11) is -3.15. The van der Waals surface area contributed by atoms with Crippen LogP contribution in [0.4, 0.5) is 5.82 Å². The average Bonchev–Trinajstić information content (AvgIpc) is 2.84. The van der Waals surface area contributed by atoms with Crippen LogP contribution in [0.5, 0.6) is 0 Å². The summed E-state index contributed by atoms with van der Waals surface area (Å²) in [5, 5.41) is 2.39. The summed E-state index contributed by atoms with van der Waals surface area (Å²) in [6.07, 6.45) is 0.664. The van der Waals surface area contributed by atoms with Crippen molar-refractivity contribution >= 4 is 26.6 Å². The monoisotopic (exact) mass is 452 g/mol. The van der Waals surface area contributed by atoms with Gasteiger partial charge < -0.3 is 9.80 Å². The molecule has 0 atom stereocenters. The lowest BCUT2D eigenvalue weighted by atomic mass is 10.0. The Hall–Kier alpha value is -2.48. The van der Waals surface area contributed by atoms with Gasteiger partial charge in [-0.2, -0.15) is 0 Å². The van der Waals surface area contributed by atoms with Gasteiger partial charge in [-0.25, -0.2) is 18.1 Å². The molecule has 1 aliphatic heterocycles. The van der Waals surface area contributed by atoms with E-state index in [1.165, 1.54) is 10.8 Å². The summed E-state index contributed by atoms with van der Waals surface area (Å²) in [5.41, 5.74) is 3.14. The summed E-state index contributed by atoms with van der Waals surface area (Å²) < 4.78 is 25.8. The zero-order chi connectivity index (χ0) is 22.6. The largest absolute Gasteiger partial charge is 0.354 e. The molecule has 6 nitrogen and oxygen atoms in total. The molecule has 0 radical (unpaired) electrons. The molecule has 1 aliphatic rings. The number of rotatable bonds is 8. The summed E-state index contributed by atoms with van der Waals surface area (Å²) in [4.78, 5) is 9.98. The average molecular weight is 453 g/mol. The molecule has 32 heavy (non-hydrogen) atoms. The highest BCUT2D eigenvalue weighted by atomic mass is 32.2. The van der Waals surface area contributed by atoms with Gasteiger partial charge in [0.15, 0.2) is 0 Å². The Bertz CT molecular complexity index is 1150. The van der Waals surface area contributed by atoms with E-state index in [4.69, 9.17) is 4.98 Å². The Labute approximate surface area is 191 Å². The van der Waals surface area contributed by atoms with Crippen LogP contribution in [0.25, 0.3) is 22.0 Å². The molecule has 1 N–H and O–H groups in total. The van der Waals surface area contributed by atoms with E-state index < -0.39 is 10.0 Å². The number of piperazine rings is 1. The summed E-state index contributed by atoms with van der Waals surface area (Å²) in [6.45, 7) is 9.46. The first kappa shape index (κ1) is 22.7. The number of pyridine rings is 1. The quantitative estimate of drug-likeness (QED) is 0.566. The number of nitrogens with one attached hydrogen (secondary N) is 1. The Morgan fingerprint density at radius 3 is 2.38 bits per heavy atom. The molecular weight excluding hydrogens is 420 g/mol. The molecule has 1 fully saturated rings. The van der Waals surface area contributed by atoms with Crippen molar-refractivity contribution in [3.05, 3.63) is 60.2 Å². The van der Waals surface area contributed by atoms with E-state index in [9.17, 15) is 8.42 Å². The molecule has 0 aliphatic carbocycles. The summed E-state index contributed by atoms with van der Waals surface area (Å²) in [6, 6.07) is 18.9.